The van der Waals surface area contributed by atoms with E-state index in [-0.39, 0.29) is 24.2 Å². The first kappa shape index (κ1) is 20.1. The lowest BCUT2D eigenvalue weighted by Crippen LogP contribution is -2.09. The van der Waals surface area contributed by atoms with Gasteiger partial charge in [0, 0.05) is 46.9 Å². The van der Waals surface area contributed by atoms with Crippen LogP contribution in [0.2, 0.25) is 5.02 Å². The number of nitrogens with zero attached hydrogens (tertiary/aromatic N) is 1. The van der Waals surface area contributed by atoms with Crippen molar-refractivity contribution in [3.8, 4) is 5.75 Å². The van der Waals surface area contributed by atoms with Crippen LogP contribution in [0.15, 0.2) is 42.6 Å². The highest BCUT2D eigenvalue weighted by molar-refractivity contribution is 6.30. The lowest BCUT2D eigenvalue weighted by molar-refractivity contribution is 0.0694. The molecule has 0 atom stereocenters. The van der Waals surface area contributed by atoms with E-state index in [4.69, 9.17) is 16.3 Å². The van der Waals surface area contributed by atoms with Gasteiger partial charge in [0.2, 0.25) is 0 Å². The second-order valence-corrected chi connectivity index (χ2v) is 7.36. The highest BCUT2D eigenvalue weighted by Crippen LogP contribution is 2.31. The van der Waals surface area contributed by atoms with Gasteiger partial charge in [-0.15, -0.1) is 0 Å². The summed E-state index contributed by atoms with van der Waals surface area (Å²) >= 11 is 6.14. The molecular formula is C22H17ClF2N2O3. The van der Waals surface area contributed by atoms with Crippen LogP contribution < -0.4 is 10.1 Å². The maximum absolute atomic E-state index is 13.9. The Bertz CT molecular complexity index is 1140. The zero-order valence-corrected chi connectivity index (χ0v) is 16.5. The average Bonchev–Trinajstić information content (AvgIpc) is 3.16. The third-order valence-electron chi connectivity index (χ3n) is 4.94. The van der Waals surface area contributed by atoms with Crippen molar-refractivity contribution in [3.63, 3.8) is 0 Å². The van der Waals surface area contributed by atoms with Gasteiger partial charge >= 0.3 is 5.97 Å². The van der Waals surface area contributed by atoms with Gasteiger partial charge in [-0.05, 0) is 42.3 Å². The van der Waals surface area contributed by atoms with Gasteiger partial charge in [-0.1, -0.05) is 11.6 Å². The number of aromatic nitrogens is 1. The maximum Gasteiger partial charge on any atom is 0.336 e. The second-order valence-electron chi connectivity index (χ2n) is 6.92. The van der Waals surface area contributed by atoms with Crippen molar-refractivity contribution in [2.75, 3.05) is 11.9 Å². The molecule has 0 radical (unpaired) electrons. The van der Waals surface area contributed by atoms with Crippen LogP contribution in [0.3, 0.4) is 0 Å². The normalized spacial score (nSPS) is 12.4. The zero-order chi connectivity index (χ0) is 21.3. The number of rotatable bonds is 6. The lowest BCUT2D eigenvalue weighted by atomic mass is 9.96. The summed E-state index contributed by atoms with van der Waals surface area (Å²) in [6.07, 6.45) is 2.34. The summed E-state index contributed by atoms with van der Waals surface area (Å²) in [7, 11) is 0. The monoisotopic (exact) mass is 430 g/mol. The molecule has 4 rings (SSSR count). The summed E-state index contributed by atoms with van der Waals surface area (Å²) in [6, 6.07) is 8.22. The predicted molar refractivity (Wildman–Crippen MR) is 108 cm³/mol. The fourth-order valence-corrected chi connectivity index (χ4v) is 3.72. The van der Waals surface area contributed by atoms with Gasteiger partial charge in [-0.3, -0.25) is 0 Å². The van der Waals surface area contributed by atoms with Crippen molar-refractivity contribution >= 4 is 23.4 Å². The van der Waals surface area contributed by atoms with Crippen molar-refractivity contribution in [1.82, 2.24) is 4.98 Å². The molecule has 1 aliphatic rings. The molecule has 154 valence electrons. The molecule has 0 unspecified atom stereocenters. The van der Waals surface area contributed by atoms with Crippen LogP contribution in [-0.2, 0) is 19.4 Å². The number of benzene rings is 2. The minimum Gasteiger partial charge on any atom is -0.489 e. The Kier molecular flexibility index (Phi) is 5.55. The Morgan fingerprint density at radius 2 is 2.00 bits per heavy atom. The smallest absolute Gasteiger partial charge is 0.336 e. The molecule has 5 nitrogen and oxygen atoms in total. The number of anilines is 1. The molecule has 30 heavy (non-hydrogen) atoms. The van der Waals surface area contributed by atoms with Crippen molar-refractivity contribution in [2.45, 2.75) is 19.4 Å². The number of carbonyl (C=O) groups is 1. The minimum absolute atomic E-state index is 0.112. The summed E-state index contributed by atoms with van der Waals surface area (Å²) in [6.45, 7) is 0.527. The van der Waals surface area contributed by atoms with Crippen LogP contribution >= 0.6 is 11.6 Å². The standard InChI is InChI=1S/C22H17ClF2N2O3/c23-15-2-4-19(30-11-12-1-3-16(24)9-18(12)25)13(8-15)7-14-10-27-21-17(5-6-26-21)20(14)22(28)29/h1-4,8-10H,5-7,11H2,(H,26,27)(H,28,29). The number of hydrogen-bond acceptors (Lipinski definition) is 4. The maximum atomic E-state index is 13.9. The van der Waals surface area contributed by atoms with E-state index < -0.39 is 17.6 Å². The van der Waals surface area contributed by atoms with Crippen LogP contribution in [0.5, 0.6) is 5.75 Å². The van der Waals surface area contributed by atoms with Crippen LogP contribution in [0, 0.1) is 11.6 Å². The van der Waals surface area contributed by atoms with Gasteiger partial charge in [0.05, 0.1) is 5.56 Å². The van der Waals surface area contributed by atoms with E-state index in [2.05, 4.69) is 10.3 Å². The Morgan fingerprint density at radius 1 is 1.17 bits per heavy atom. The molecule has 0 amide bonds. The Morgan fingerprint density at radius 3 is 2.77 bits per heavy atom. The fourth-order valence-electron chi connectivity index (χ4n) is 3.53. The first-order valence-electron chi connectivity index (χ1n) is 9.25. The van der Waals surface area contributed by atoms with Gasteiger partial charge in [0.15, 0.2) is 0 Å². The van der Waals surface area contributed by atoms with Gasteiger partial charge in [-0.25, -0.2) is 18.6 Å². The van der Waals surface area contributed by atoms with Crippen molar-refractivity contribution in [1.29, 1.82) is 0 Å². The quantitative estimate of drug-likeness (QED) is 0.585. The third kappa shape index (κ3) is 4.07. The summed E-state index contributed by atoms with van der Waals surface area (Å²) in [5.41, 5.74) is 2.28. The minimum atomic E-state index is -1.02. The Hall–Kier alpha value is -3.19. The number of fused-ring (bicyclic) bond motifs is 1. The summed E-state index contributed by atoms with van der Waals surface area (Å²) in [5.74, 6) is -1.37. The molecule has 2 heterocycles. The van der Waals surface area contributed by atoms with E-state index in [1.807, 2.05) is 0 Å². The van der Waals surface area contributed by atoms with E-state index in [0.717, 1.165) is 12.1 Å². The molecule has 2 aromatic carbocycles. The van der Waals surface area contributed by atoms with E-state index in [9.17, 15) is 18.7 Å². The second kappa shape index (κ2) is 8.28. The van der Waals surface area contributed by atoms with Crippen LogP contribution in [0.4, 0.5) is 14.6 Å². The topological polar surface area (TPSA) is 71.5 Å². The number of pyridine rings is 1. The van der Waals surface area contributed by atoms with Crippen molar-refractivity contribution in [3.05, 3.63) is 87.1 Å². The summed E-state index contributed by atoms with van der Waals surface area (Å²) in [5, 5.41) is 13.3. The number of hydrogen-bond donors (Lipinski definition) is 2. The first-order valence-corrected chi connectivity index (χ1v) is 9.63. The van der Waals surface area contributed by atoms with Crippen LogP contribution in [0.1, 0.15) is 32.6 Å². The summed E-state index contributed by atoms with van der Waals surface area (Å²) in [4.78, 5) is 16.2. The number of carboxylic acids is 1. The molecule has 0 aliphatic carbocycles. The van der Waals surface area contributed by atoms with E-state index >= 15 is 0 Å². The molecule has 0 bridgehead atoms. The lowest BCUT2D eigenvalue weighted by Gasteiger charge is -2.15. The van der Waals surface area contributed by atoms with Crippen LogP contribution in [-0.4, -0.2) is 22.6 Å². The Labute approximate surface area is 176 Å². The molecule has 0 saturated carbocycles. The highest BCUT2D eigenvalue weighted by Gasteiger charge is 2.24. The summed E-state index contributed by atoms with van der Waals surface area (Å²) < 4.78 is 32.8. The molecule has 1 aliphatic heterocycles. The molecule has 1 aromatic heterocycles. The highest BCUT2D eigenvalue weighted by atomic mass is 35.5. The number of ether oxygens (including phenoxy) is 1. The molecule has 3 aromatic rings. The first-order chi connectivity index (χ1) is 14.4. The van der Waals surface area contributed by atoms with E-state index in [1.165, 1.54) is 12.3 Å². The molecular weight excluding hydrogens is 414 g/mol. The van der Waals surface area contributed by atoms with Gasteiger partial charge in [0.1, 0.15) is 29.8 Å². The largest absolute Gasteiger partial charge is 0.489 e. The molecule has 8 heteroatoms. The molecule has 0 spiro atoms. The average molecular weight is 431 g/mol. The number of nitrogens with one attached hydrogen (secondary N) is 1. The van der Waals surface area contributed by atoms with Crippen LogP contribution in [0.25, 0.3) is 0 Å². The third-order valence-corrected chi connectivity index (χ3v) is 5.18. The Balaban J connectivity index is 1.64. The van der Waals surface area contributed by atoms with E-state index in [0.29, 0.717) is 46.2 Å². The van der Waals surface area contributed by atoms with Gasteiger partial charge in [-0.2, -0.15) is 0 Å². The molecule has 0 saturated heterocycles. The van der Waals surface area contributed by atoms with Gasteiger partial charge in [0.25, 0.3) is 0 Å². The fraction of sp³-hybridized carbons (Fsp3) is 0.182. The molecule has 0 fully saturated rings. The van der Waals surface area contributed by atoms with Crippen molar-refractivity contribution < 1.29 is 23.4 Å². The zero-order valence-electron chi connectivity index (χ0n) is 15.7. The molecule has 2 N–H and O–H groups in total. The van der Waals surface area contributed by atoms with Gasteiger partial charge < -0.3 is 15.2 Å². The van der Waals surface area contributed by atoms with Crippen molar-refractivity contribution in [2.24, 2.45) is 0 Å². The predicted octanol–water partition coefficient (Wildman–Crippen LogP) is 4.85. The van der Waals surface area contributed by atoms with E-state index in [1.54, 1.807) is 18.2 Å². The number of halogens is 3. The number of carboxylic acid groups (broad SMARTS) is 1. The SMILES string of the molecule is O=C(O)c1c(Cc2cc(Cl)ccc2OCc2ccc(F)cc2F)cnc2c1CCN2. The number of aromatic carboxylic acids is 1.